The lowest BCUT2D eigenvalue weighted by Gasteiger charge is -2.13. The molecule has 0 amide bonds. The summed E-state index contributed by atoms with van der Waals surface area (Å²) in [5, 5.41) is 1.41. The standard InChI is InChI=1S/C8H6F4OS/c1-4-5(2-3-14-4)6(13)8(11,12)7(9)10/h2-3,7H,1H3. The second-order valence-electron chi connectivity index (χ2n) is 2.64. The van der Waals surface area contributed by atoms with Crippen LogP contribution in [0.3, 0.4) is 0 Å². The van der Waals surface area contributed by atoms with Crippen LogP contribution in [0.1, 0.15) is 15.2 Å². The maximum Gasteiger partial charge on any atom is 0.368 e. The molecule has 0 aliphatic carbocycles. The van der Waals surface area contributed by atoms with Gasteiger partial charge in [0.15, 0.2) is 0 Å². The van der Waals surface area contributed by atoms with E-state index in [2.05, 4.69) is 0 Å². The Morgan fingerprint density at radius 1 is 1.50 bits per heavy atom. The Kier molecular flexibility index (Phi) is 2.94. The maximum absolute atomic E-state index is 12.6. The highest BCUT2D eigenvalue weighted by Crippen LogP contribution is 2.29. The number of Topliss-reactive ketones (excluding diaryl/α,β-unsaturated/α-hetero) is 1. The molecule has 0 spiro atoms. The first-order valence-corrected chi connectivity index (χ1v) is 4.50. The van der Waals surface area contributed by atoms with Crippen molar-refractivity contribution in [3.63, 3.8) is 0 Å². The molecule has 0 saturated heterocycles. The van der Waals surface area contributed by atoms with E-state index in [4.69, 9.17) is 0 Å². The Morgan fingerprint density at radius 2 is 2.07 bits per heavy atom. The molecule has 0 atom stereocenters. The first-order valence-electron chi connectivity index (χ1n) is 3.62. The van der Waals surface area contributed by atoms with E-state index >= 15 is 0 Å². The summed E-state index contributed by atoms with van der Waals surface area (Å²) in [5.41, 5.74) is -0.333. The van der Waals surface area contributed by atoms with Gasteiger partial charge in [0.25, 0.3) is 0 Å². The van der Waals surface area contributed by atoms with Gasteiger partial charge < -0.3 is 0 Å². The molecule has 0 unspecified atom stereocenters. The summed E-state index contributed by atoms with van der Waals surface area (Å²) in [6.07, 6.45) is -3.96. The summed E-state index contributed by atoms with van der Waals surface area (Å²) in [7, 11) is 0. The Bertz CT molecular complexity index is 345. The summed E-state index contributed by atoms with van der Waals surface area (Å²) in [4.78, 5) is 11.3. The molecule has 0 bridgehead atoms. The molecular weight excluding hydrogens is 220 g/mol. The SMILES string of the molecule is Cc1sccc1C(=O)C(F)(F)C(F)F. The molecule has 1 aromatic heterocycles. The number of carbonyl (C=O) groups is 1. The van der Waals surface area contributed by atoms with Gasteiger partial charge >= 0.3 is 12.3 Å². The van der Waals surface area contributed by atoms with Crippen LogP contribution >= 0.6 is 11.3 Å². The van der Waals surface area contributed by atoms with Crippen molar-refractivity contribution < 1.29 is 22.4 Å². The predicted molar refractivity (Wildman–Crippen MR) is 44.3 cm³/mol. The van der Waals surface area contributed by atoms with Gasteiger partial charge in [-0.25, -0.2) is 8.78 Å². The minimum absolute atomic E-state index is 0.315. The van der Waals surface area contributed by atoms with E-state index in [1.165, 1.54) is 12.3 Å². The third-order valence-corrected chi connectivity index (χ3v) is 2.53. The van der Waals surface area contributed by atoms with Crippen LogP contribution < -0.4 is 0 Å². The predicted octanol–water partition coefficient (Wildman–Crippen LogP) is 3.14. The molecular formula is C8H6F4OS. The van der Waals surface area contributed by atoms with Crippen LogP contribution in [0.2, 0.25) is 0 Å². The average molecular weight is 226 g/mol. The van der Waals surface area contributed by atoms with Gasteiger partial charge in [0.1, 0.15) is 0 Å². The zero-order valence-electron chi connectivity index (χ0n) is 7.06. The van der Waals surface area contributed by atoms with Crippen molar-refractivity contribution >= 4 is 17.1 Å². The Morgan fingerprint density at radius 3 is 2.43 bits per heavy atom. The van der Waals surface area contributed by atoms with Crippen molar-refractivity contribution in [2.24, 2.45) is 0 Å². The maximum atomic E-state index is 12.6. The van der Waals surface area contributed by atoms with Crippen LogP contribution in [-0.4, -0.2) is 18.1 Å². The van der Waals surface area contributed by atoms with Gasteiger partial charge in [-0.2, -0.15) is 8.78 Å². The quantitative estimate of drug-likeness (QED) is 0.571. The number of hydrogen-bond donors (Lipinski definition) is 0. The van der Waals surface area contributed by atoms with Gasteiger partial charge in [0.05, 0.1) is 0 Å². The van der Waals surface area contributed by atoms with Crippen molar-refractivity contribution in [2.45, 2.75) is 19.3 Å². The van der Waals surface area contributed by atoms with E-state index in [9.17, 15) is 22.4 Å². The smallest absolute Gasteiger partial charge is 0.287 e. The van der Waals surface area contributed by atoms with Gasteiger partial charge in [0.2, 0.25) is 5.78 Å². The average Bonchev–Trinajstić information content (AvgIpc) is 2.49. The number of halogens is 4. The number of hydrogen-bond acceptors (Lipinski definition) is 2. The lowest BCUT2D eigenvalue weighted by atomic mass is 10.1. The van der Waals surface area contributed by atoms with E-state index in [1.807, 2.05) is 0 Å². The summed E-state index contributed by atoms with van der Waals surface area (Å²) >= 11 is 1.06. The minimum Gasteiger partial charge on any atom is -0.287 e. The largest absolute Gasteiger partial charge is 0.368 e. The summed E-state index contributed by atoms with van der Waals surface area (Å²) < 4.78 is 48.8. The number of rotatable bonds is 3. The minimum atomic E-state index is -4.59. The van der Waals surface area contributed by atoms with Crippen molar-refractivity contribution in [3.05, 3.63) is 21.9 Å². The molecule has 0 aliphatic heterocycles. The fraction of sp³-hybridized carbons (Fsp3) is 0.375. The molecule has 0 aromatic carbocycles. The van der Waals surface area contributed by atoms with Crippen LogP contribution in [0, 0.1) is 6.92 Å². The lowest BCUT2D eigenvalue weighted by Crippen LogP contribution is -2.36. The van der Waals surface area contributed by atoms with Crippen molar-refractivity contribution in [3.8, 4) is 0 Å². The molecule has 0 saturated carbocycles. The van der Waals surface area contributed by atoms with E-state index in [1.54, 1.807) is 0 Å². The summed E-state index contributed by atoms with van der Waals surface area (Å²) in [5.74, 6) is -6.41. The molecule has 0 radical (unpaired) electrons. The summed E-state index contributed by atoms with van der Waals surface area (Å²) in [6, 6.07) is 1.12. The second kappa shape index (κ2) is 3.68. The monoisotopic (exact) mass is 226 g/mol. The fourth-order valence-corrected chi connectivity index (χ4v) is 1.60. The van der Waals surface area contributed by atoms with Crippen LogP contribution in [-0.2, 0) is 0 Å². The molecule has 1 heterocycles. The van der Waals surface area contributed by atoms with E-state index in [0.717, 1.165) is 17.4 Å². The molecule has 0 N–H and O–H groups in total. The first-order chi connectivity index (χ1) is 6.37. The zero-order chi connectivity index (χ0) is 10.9. The number of carbonyl (C=O) groups excluding carboxylic acids is 1. The molecule has 1 rings (SSSR count). The van der Waals surface area contributed by atoms with E-state index in [-0.39, 0.29) is 5.56 Å². The third-order valence-electron chi connectivity index (χ3n) is 1.68. The van der Waals surface area contributed by atoms with Crippen molar-refractivity contribution in [1.82, 2.24) is 0 Å². The number of alkyl halides is 4. The van der Waals surface area contributed by atoms with Gasteiger partial charge in [-0.1, -0.05) is 0 Å². The molecule has 6 heteroatoms. The molecule has 14 heavy (non-hydrogen) atoms. The molecule has 1 aromatic rings. The zero-order valence-corrected chi connectivity index (χ0v) is 7.88. The molecule has 0 fully saturated rings. The van der Waals surface area contributed by atoms with E-state index < -0.39 is 18.1 Å². The number of ketones is 1. The molecule has 1 nitrogen and oxygen atoms in total. The highest BCUT2D eigenvalue weighted by Gasteiger charge is 2.49. The van der Waals surface area contributed by atoms with Crippen molar-refractivity contribution in [1.29, 1.82) is 0 Å². The summed E-state index contributed by atoms with van der Waals surface area (Å²) in [6.45, 7) is 1.43. The third kappa shape index (κ3) is 1.79. The van der Waals surface area contributed by atoms with E-state index in [0.29, 0.717) is 4.88 Å². The Hall–Kier alpha value is -0.910. The number of aryl methyl sites for hydroxylation is 1. The highest BCUT2D eigenvalue weighted by molar-refractivity contribution is 7.10. The first kappa shape index (κ1) is 11.2. The highest BCUT2D eigenvalue weighted by atomic mass is 32.1. The van der Waals surface area contributed by atoms with Gasteiger partial charge in [-0.15, -0.1) is 11.3 Å². The van der Waals surface area contributed by atoms with Crippen LogP contribution in [0.15, 0.2) is 11.4 Å². The lowest BCUT2D eigenvalue weighted by molar-refractivity contribution is -0.0958. The fourth-order valence-electron chi connectivity index (χ4n) is 0.899. The Labute approximate surface area is 81.4 Å². The topological polar surface area (TPSA) is 17.1 Å². The van der Waals surface area contributed by atoms with Gasteiger partial charge in [-0.3, -0.25) is 4.79 Å². The van der Waals surface area contributed by atoms with Crippen LogP contribution in [0.4, 0.5) is 17.6 Å². The van der Waals surface area contributed by atoms with Crippen LogP contribution in [0.5, 0.6) is 0 Å². The molecule has 78 valence electrons. The second-order valence-corrected chi connectivity index (χ2v) is 3.76. The normalized spacial score (nSPS) is 12.1. The molecule has 0 aliphatic rings. The van der Waals surface area contributed by atoms with Crippen molar-refractivity contribution in [2.75, 3.05) is 0 Å². The number of thiophene rings is 1. The van der Waals surface area contributed by atoms with Gasteiger partial charge in [-0.05, 0) is 18.4 Å². The Balaban J connectivity index is 3.02. The van der Waals surface area contributed by atoms with Crippen LogP contribution in [0.25, 0.3) is 0 Å². The van der Waals surface area contributed by atoms with Gasteiger partial charge in [0, 0.05) is 10.4 Å².